The minimum atomic E-state index is -0.931. The maximum Gasteiger partial charge on any atom is 0.317 e. The Labute approximate surface area is 125 Å². The lowest BCUT2D eigenvalue weighted by Crippen LogP contribution is -2.46. The molecule has 2 N–H and O–H groups in total. The second kappa shape index (κ2) is 6.02. The van der Waals surface area contributed by atoms with Crippen LogP contribution < -0.4 is 5.32 Å². The fourth-order valence-corrected chi connectivity index (χ4v) is 2.84. The molecule has 5 heteroatoms. The number of urea groups is 1. The normalized spacial score (nSPS) is 18.0. The summed E-state index contributed by atoms with van der Waals surface area (Å²) in [7, 11) is 1.65. The lowest BCUT2D eigenvalue weighted by atomic mass is 9.87. The SMILES string of the molecule is CN(CC(C)(C)O)C(=O)NC1CCCc2cc(F)ccc21. The molecule has 1 aliphatic rings. The average Bonchev–Trinajstić information content (AvgIpc) is 2.36. The Morgan fingerprint density at radius 1 is 1.52 bits per heavy atom. The van der Waals surface area contributed by atoms with E-state index in [1.807, 2.05) is 0 Å². The number of aryl methyl sites for hydroxylation is 1. The maximum atomic E-state index is 13.3. The van der Waals surface area contributed by atoms with Crippen LogP contribution in [0.25, 0.3) is 0 Å². The van der Waals surface area contributed by atoms with Crippen LogP contribution in [0.5, 0.6) is 0 Å². The Hall–Kier alpha value is -1.62. The van der Waals surface area contributed by atoms with Crippen molar-refractivity contribution in [2.45, 2.75) is 44.8 Å². The van der Waals surface area contributed by atoms with Gasteiger partial charge in [-0.25, -0.2) is 9.18 Å². The van der Waals surface area contributed by atoms with Gasteiger partial charge < -0.3 is 15.3 Å². The van der Waals surface area contributed by atoms with E-state index < -0.39 is 5.60 Å². The minimum absolute atomic E-state index is 0.0916. The highest BCUT2D eigenvalue weighted by molar-refractivity contribution is 5.74. The molecule has 21 heavy (non-hydrogen) atoms. The van der Waals surface area contributed by atoms with Crippen LogP contribution in [-0.4, -0.2) is 35.2 Å². The van der Waals surface area contributed by atoms with E-state index in [2.05, 4.69) is 5.32 Å². The monoisotopic (exact) mass is 294 g/mol. The zero-order valence-corrected chi connectivity index (χ0v) is 12.8. The second-order valence-electron chi connectivity index (χ2n) is 6.41. The number of nitrogens with zero attached hydrogens (tertiary/aromatic N) is 1. The zero-order chi connectivity index (χ0) is 15.6. The summed E-state index contributed by atoms with van der Waals surface area (Å²) < 4.78 is 13.3. The van der Waals surface area contributed by atoms with E-state index >= 15 is 0 Å². The topological polar surface area (TPSA) is 52.6 Å². The number of carbonyl (C=O) groups is 1. The van der Waals surface area contributed by atoms with Gasteiger partial charge in [-0.3, -0.25) is 0 Å². The molecule has 1 aromatic carbocycles. The molecule has 4 nitrogen and oxygen atoms in total. The molecule has 1 unspecified atom stereocenters. The highest BCUT2D eigenvalue weighted by atomic mass is 19.1. The van der Waals surface area contributed by atoms with Crippen molar-refractivity contribution in [3.8, 4) is 0 Å². The molecule has 1 atom stereocenters. The average molecular weight is 294 g/mol. The number of amides is 2. The third-order valence-electron chi connectivity index (χ3n) is 3.69. The Balaban J connectivity index is 2.06. The molecule has 116 valence electrons. The van der Waals surface area contributed by atoms with Crippen LogP contribution in [0.3, 0.4) is 0 Å². The number of benzene rings is 1. The van der Waals surface area contributed by atoms with Gasteiger partial charge in [0.25, 0.3) is 0 Å². The molecule has 0 aromatic heterocycles. The molecule has 0 radical (unpaired) electrons. The van der Waals surface area contributed by atoms with Gasteiger partial charge in [-0.2, -0.15) is 0 Å². The standard InChI is InChI=1S/C16H23FN2O2/c1-16(2,21)10-19(3)15(20)18-14-6-4-5-11-9-12(17)7-8-13(11)14/h7-9,14,21H,4-6,10H2,1-3H3,(H,18,20). The molecule has 0 bridgehead atoms. The second-order valence-corrected chi connectivity index (χ2v) is 6.41. The first-order chi connectivity index (χ1) is 9.76. The van der Waals surface area contributed by atoms with Crippen LogP contribution in [0.2, 0.25) is 0 Å². The molecule has 1 aliphatic carbocycles. The number of hydrogen-bond acceptors (Lipinski definition) is 2. The lowest BCUT2D eigenvalue weighted by molar-refractivity contribution is 0.0527. The summed E-state index contributed by atoms with van der Waals surface area (Å²) in [5, 5.41) is 12.7. The number of hydrogen-bond donors (Lipinski definition) is 2. The molecular formula is C16H23FN2O2. The summed E-state index contributed by atoms with van der Waals surface area (Å²) in [6.07, 6.45) is 2.62. The Bertz CT molecular complexity index is 525. The van der Waals surface area contributed by atoms with Gasteiger partial charge in [-0.15, -0.1) is 0 Å². The molecule has 0 fully saturated rings. The van der Waals surface area contributed by atoms with E-state index in [9.17, 15) is 14.3 Å². The first-order valence-corrected chi connectivity index (χ1v) is 7.28. The molecular weight excluding hydrogens is 271 g/mol. The van der Waals surface area contributed by atoms with Crippen molar-refractivity contribution >= 4 is 6.03 Å². The van der Waals surface area contributed by atoms with Crippen LogP contribution in [0, 0.1) is 5.82 Å². The molecule has 0 saturated carbocycles. The third-order valence-corrected chi connectivity index (χ3v) is 3.69. The van der Waals surface area contributed by atoms with Gasteiger partial charge in [-0.1, -0.05) is 6.07 Å². The summed E-state index contributed by atoms with van der Waals surface area (Å²) in [5.41, 5.74) is 1.03. The number of carbonyl (C=O) groups excluding carboxylic acids is 1. The molecule has 0 spiro atoms. The van der Waals surface area contributed by atoms with Gasteiger partial charge in [0.2, 0.25) is 0 Å². The van der Waals surface area contributed by atoms with Crippen LogP contribution in [-0.2, 0) is 6.42 Å². The first kappa shape index (κ1) is 15.8. The number of halogens is 1. The fourth-order valence-electron chi connectivity index (χ4n) is 2.84. The van der Waals surface area contributed by atoms with Crippen molar-refractivity contribution in [1.82, 2.24) is 10.2 Å². The molecule has 2 amide bonds. The Morgan fingerprint density at radius 3 is 2.90 bits per heavy atom. The van der Waals surface area contributed by atoms with E-state index in [1.54, 1.807) is 33.0 Å². The van der Waals surface area contributed by atoms with E-state index in [0.29, 0.717) is 0 Å². The quantitative estimate of drug-likeness (QED) is 0.900. The smallest absolute Gasteiger partial charge is 0.317 e. The van der Waals surface area contributed by atoms with Gasteiger partial charge in [-0.05, 0) is 56.4 Å². The van der Waals surface area contributed by atoms with Gasteiger partial charge in [0.15, 0.2) is 0 Å². The number of nitrogens with one attached hydrogen (secondary N) is 1. The summed E-state index contributed by atoms with van der Waals surface area (Å²) in [4.78, 5) is 13.7. The van der Waals surface area contributed by atoms with Crippen LogP contribution in [0.15, 0.2) is 18.2 Å². The number of aliphatic hydroxyl groups is 1. The number of rotatable bonds is 3. The first-order valence-electron chi connectivity index (χ1n) is 7.28. The van der Waals surface area contributed by atoms with E-state index in [1.165, 1.54) is 11.0 Å². The van der Waals surface area contributed by atoms with E-state index in [4.69, 9.17) is 0 Å². The predicted molar refractivity (Wildman–Crippen MR) is 79.5 cm³/mol. The van der Waals surface area contributed by atoms with Crippen LogP contribution in [0.1, 0.15) is 43.9 Å². The number of fused-ring (bicyclic) bond motifs is 1. The zero-order valence-electron chi connectivity index (χ0n) is 12.8. The maximum absolute atomic E-state index is 13.3. The van der Waals surface area contributed by atoms with Crippen molar-refractivity contribution in [2.75, 3.05) is 13.6 Å². The van der Waals surface area contributed by atoms with Crippen molar-refractivity contribution in [3.63, 3.8) is 0 Å². The van der Waals surface area contributed by atoms with Gasteiger partial charge in [0.1, 0.15) is 5.82 Å². The van der Waals surface area contributed by atoms with Gasteiger partial charge in [0.05, 0.1) is 18.2 Å². The highest BCUT2D eigenvalue weighted by Gasteiger charge is 2.25. The van der Waals surface area contributed by atoms with Crippen molar-refractivity contribution < 1.29 is 14.3 Å². The molecule has 0 saturated heterocycles. The lowest BCUT2D eigenvalue weighted by Gasteiger charge is -2.30. The van der Waals surface area contributed by atoms with Crippen LogP contribution in [0.4, 0.5) is 9.18 Å². The largest absolute Gasteiger partial charge is 0.389 e. The summed E-state index contributed by atoms with van der Waals surface area (Å²) in [6.45, 7) is 3.58. The fraction of sp³-hybridized carbons (Fsp3) is 0.562. The highest BCUT2D eigenvalue weighted by Crippen LogP contribution is 2.30. The van der Waals surface area contributed by atoms with Crippen molar-refractivity contribution in [1.29, 1.82) is 0 Å². The molecule has 2 rings (SSSR count). The van der Waals surface area contributed by atoms with E-state index in [0.717, 1.165) is 30.4 Å². The third kappa shape index (κ3) is 4.17. The van der Waals surface area contributed by atoms with Gasteiger partial charge >= 0.3 is 6.03 Å². The summed E-state index contributed by atoms with van der Waals surface area (Å²) in [5.74, 6) is -0.236. The minimum Gasteiger partial charge on any atom is -0.389 e. The molecule has 0 aliphatic heterocycles. The van der Waals surface area contributed by atoms with Crippen molar-refractivity contribution in [2.24, 2.45) is 0 Å². The Kier molecular flexibility index (Phi) is 4.52. The summed E-state index contributed by atoms with van der Waals surface area (Å²) in [6, 6.07) is 4.42. The Morgan fingerprint density at radius 2 is 2.24 bits per heavy atom. The predicted octanol–water partition coefficient (Wildman–Crippen LogP) is 2.62. The van der Waals surface area contributed by atoms with E-state index in [-0.39, 0.29) is 24.4 Å². The van der Waals surface area contributed by atoms with Crippen molar-refractivity contribution in [3.05, 3.63) is 35.1 Å². The molecule has 0 heterocycles. The molecule has 1 aromatic rings. The van der Waals surface area contributed by atoms with Crippen LogP contribution >= 0.6 is 0 Å². The van der Waals surface area contributed by atoms with Gasteiger partial charge in [0, 0.05) is 7.05 Å². The number of likely N-dealkylation sites (N-methyl/N-ethyl adjacent to an activating group) is 1. The summed E-state index contributed by atoms with van der Waals surface area (Å²) >= 11 is 0.